The zero-order valence-corrected chi connectivity index (χ0v) is 13.9. The second-order valence-electron chi connectivity index (χ2n) is 6.54. The first-order valence-corrected chi connectivity index (χ1v) is 8.48. The molecule has 24 heavy (non-hydrogen) atoms. The van der Waals surface area contributed by atoms with Crippen LogP contribution in [0.4, 0.5) is 5.69 Å². The molecule has 1 amide bonds. The van der Waals surface area contributed by atoms with Crippen LogP contribution in [-0.2, 0) is 4.79 Å². The molecule has 1 aromatic carbocycles. The highest BCUT2D eigenvalue weighted by molar-refractivity contribution is 5.95. The van der Waals surface area contributed by atoms with Gasteiger partial charge in [0.2, 0.25) is 5.91 Å². The van der Waals surface area contributed by atoms with Gasteiger partial charge in [-0.05, 0) is 47.7 Å². The summed E-state index contributed by atoms with van der Waals surface area (Å²) in [6, 6.07) is 10.4. The number of hydrogen-bond donors (Lipinski definition) is 0. The minimum Gasteiger partial charge on any atom is -0.380 e. The quantitative estimate of drug-likeness (QED) is 0.868. The van der Waals surface area contributed by atoms with Crippen molar-refractivity contribution in [3.05, 3.63) is 54.5 Å². The van der Waals surface area contributed by atoms with Crippen LogP contribution >= 0.6 is 0 Å². The van der Waals surface area contributed by atoms with Crippen LogP contribution in [0.3, 0.4) is 0 Å². The van der Waals surface area contributed by atoms with Crippen molar-refractivity contribution >= 4 is 17.2 Å². The molecule has 1 fully saturated rings. The van der Waals surface area contributed by atoms with Crippen molar-refractivity contribution in [1.82, 2.24) is 9.88 Å². The van der Waals surface area contributed by atoms with Gasteiger partial charge in [-0.2, -0.15) is 0 Å². The SMILES string of the molecule is CN1C=C(c2cncc(-c3ccc(N4CCCC4=O)cc3)c2)CC1. The number of benzene rings is 1. The monoisotopic (exact) mass is 319 g/mol. The summed E-state index contributed by atoms with van der Waals surface area (Å²) in [4.78, 5) is 20.4. The summed E-state index contributed by atoms with van der Waals surface area (Å²) < 4.78 is 0. The molecule has 0 N–H and O–H groups in total. The molecule has 2 aromatic rings. The number of carbonyl (C=O) groups excluding carboxylic acids is 1. The maximum atomic E-state index is 11.9. The molecule has 0 spiro atoms. The number of anilines is 1. The van der Waals surface area contributed by atoms with Crippen molar-refractivity contribution in [1.29, 1.82) is 0 Å². The molecule has 0 atom stereocenters. The lowest BCUT2D eigenvalue weighted by Crippen LogP contribution is -2.23. The Labute approximate surface area is 142 Å². The third kappa shape index (κ3) is 2.80. The Morgan fingerprint density at radius 1 is 0.958 bits per heavy atom. The van der Waals surface area contributed by atoms with Crippen molar-refractivity contribution in [3.63, 3.8) is 0 Å². The summed E-state index contributed by atoms with van der Waals surface area (Å²) in [7, 11) is 2.10. The lowest BCUT2D eigenvalue weighted by atomic mass is 10.0. The maximum Gasteiger partial charge on any atom is 0.227 e. The van der Waals surface area contributed by atoms with Crippen LogP contribution in [0.15, 0.2) is 48.9 Å². The molecule has 2 aliphatic heterocycles. The van der Waals surface area contributed by atoms with Gasteiger partial charge in [0.1, 0.15) is 0 Å². The summed E-state index contributed by atoms with van der Waals surface area (Å²) in [6.45, 7) is 1.90. The number of pyridine rings is 1. The molecule has 4 rings (SSSR count). The van der Waals surface area contributed by atoms with Crippen LogP contribution in [0.2, 0.25) is 0 Å². The van der Waals surface area contributed by atoms with Crippen molar-refractivity contribution in [2.24, 2.45) is 0 Å². The summed E-state index contributed by atoms with van der Waals surface area (Å²) in [5.41, 5.74) is 5.77. The highest BCUT2D eigenvalue weighted by atomic mass is 16.2. The molecule has 0 unspecified atom stereocenters. The normalized spacial score (nSPS) is 17.5. The van der Waals surface area contributed by atoms with E-state index < -0.39 is 0 Å². The van der Waals surface area contributed by atoms with Gasteiger partial charge in [0.15, 0.2) is 0 Å². The van der Waals surface area contributed by atoms with Gasteiger partial charge in [0, 0.05) is 56.4 Å². The number of hydrogen-bond acceptors (Lipinski definition) is 3. The van der Waals surface area contributed by atoms with Crippen molar-refractivity contribution < 1.29 is 4.79 Å². The van der Waals surface area contributed by atoms with Gasteiger partial charge >= 0.3 is 0 Å². The van der Waals surface area contributed by atoms with E-state index in [2.05, 4.69) is 41.3 Å². The summed E-state index contributed by atoms with van der Waals surface area (Å²) in [6.07, 6.45) is 8.72. The molecule has 1 aromatic heterocycles. The first-order valence-electron chi connectivity index (χ1n) is 8.48. The van der Waals surface area contributed by atoms with Crippen molar-refractivity contribution in [2.75, 3.05) is 25.0 Å². The molecule has 0 saturated carbocycles. The Morgan fingerprint density at radius 2 is 1.75 bits per heavy atom. The van der Waals surface area contributed by atoms with E-state index in [1.165, 1.54) is 11.1 Å². The average molecular weight is 319 g/mol. The van der Waals surface area contributed by atoms with Crippen LogP contribution in [0.25, 0.3) is 16.7 Å². The van der Waals surface area contributed by atoms with Crippen LogP contribution in [0.1, 0.15) is 24.8 Å². The second-order valence-corrected chi connectivity index (χ2v) is 6.54. The zero-order valence-electron chi connectivity index (χ0n) is 13.9. The zero-order chi connectivity index (χ0) is 16.5. The Bertz CT molecular complexity index is 795. The third-order valence-corrected chi connectivity index (χ3v) is 4.80. The first kappa shape index (κ1) is 14.9. The van der Waals surface area contributed by atoms with E-state index in [4.69, 9.17) is 0 Å². The van der Waals surface area contributed by atoms with E-state index in [0.29, 0.717) is 6.42 Å². The van der Waals surface area contributed by atoms with E-state index in [0.717, 1.165) is 42.7 Å². The average Bonchev–Trinajstić information content (AvgIpc) is 3.24. The molecule has 122 valence electrons. The van der Waals surface area contributed by atoms with E-state index >= 15 is 0 Å². The van der Waals surface area contributed by atoms with E-state index in [-0.39, 0.29) is 5.91 Å². The second kappa shape index (κ2) is 6.11. The van der Waals surface area contributed by atoms with Crippen LogP contribution < -0.4 is 4.90 Å². The molecule has 0 radical (unpaired) electrons. The predicted octanol–water partition coefficient (Wildman–Crippen LogP) is 3.55. The lowest BCUT2D eigenvalue weighted by molar-refractivity contribution is -0.117. The predicted molar refractivity (Wildman–Crippen MR) is 96.5 cm³/mol. The molecule has 4 heteroatoms. The highest BCUT2D eigenvalue weighted by Gasteiger charge is 2.21. The number of carbonyl (C=O) groups is 1. The first-order chi connectivity index (χ1) is 11.7. The third-order valence-electron chi connectivity index (χ3n) is 4.80. The molecular weight excluding hydrogens is 298 g/mol. The van der Waals surface area contributed by atoms with Gasteiger partial charge in [-0.1, -0.05) is 12.1 Å². The topological polar surface area (TPSA) is 36.4 Å². The van der Waals surface area contributed by atoms with Gasteiger partial charge in [0.25, 0.3) is 0 Å². The number of aromatic nitrogens is 1. The highest BCUT2D eigenvalue weighted by Crippen LogP contribution is 2.29. The largest absolute Gasteiger partial charge is 0.380 e. The minimum atomic E-state index is 0.226. The summed E-state index contributed by atoms with van der Waals surface area (Å²) in [5.74, 6) is 0.226. The molecule has 3 heterocycles. The van der Waals surface area contributed by atoms with Gasteiger partial charge < -0.3 is 9.80 Å². The molecule has 4 nitrogen and oxygen atoms in total. The smallest absolute Gasteiger partial charge is 0.227 e. The molecule has 0 aliphatic carbocycles. The van der Waals surface area contributed by atoms with Crippen molar-refractivity contribution in [2.45, 2.75) is 19.3 Å². The lowest BCUT2D eigenvalue weighted by Gasteiger charge is -2.16. The van der Waals surface area contributed by atoms with E-state index in [9.17, 15) is 4.79 Å². The fourth-order valence-corrected chi connectivity index (χ4v) is 3.44. The summed E-state index contributed by atoms with van der Waals surface area (Å²) in [5, 5.41) is 0. The number of amides is 1. The molecular formula is C20H21N3O. The van der Waals surface area contributed by atoms with Crippen LogP contribution in [0.5, 0.6) is 0 Å². The van der Waals surface area contributed by atoms with Gasteiger partial charge in [-0.15, -0.1) is 0 Å². The molecule has 2 aliphatic rings. The molecule has 0 bridgehead atoms. The van der Waals surface area contributed by atoms with Crippen LogP contribution in [-0.4, -0.2) is 35.9 Å². The Balaban J connectivity index is 1.60. The fraction of sp³-hybridized carbons (Fsp3) is 0.300. The van der Waals surface area contributed by atoms with E-state index in [1.54, 1.807) is 0 Å². The number of rotatable bonds is 3. The Morgan fingerprint density at radius 3 is 2.42 bits per heavy atom. The van der Waals surface area contributed by atoms with Gasteiger partial charge in [-0.25, -0.2) is 0 Å². The molecule has 1 saturated heterocycles. The van der Waals surface area contributed by atoms with Crippen LogP contribution in [0, 0.1) is 0 Å². The van der Waals surface area contributed by atoms with E-state index in [1.807, 2.05) is 29.4 Å². The van der Waals surface area contributed by atoms with Crippen molar-refractivity contribution in [3.8, 4) is 11.1 Å². The standard InChI is InChI=1S/C20H21N3O/c1-22-10-8-16(14-22)18-11-17(12-21-13-18)15-4-6-19(7-5-15)23-9-2-3-20(23)24/h4-7,11-14H,2-3,8-10H2,1H3. The minimum absolute atomic E-state index is 0.226. The fourth-order valence-electron chi connectivity index (χ4n) is 3.44. The number of nitrogens with zero attached hydrogens (tertiary/aromatic N) is 3. The van der Waals surface area contributed by atoms with Gasteiger partial charge in [-0.3, -0.25) is 9.78 Å². The Hall–Kier alpha value is -2.62. The van der Waals surface area contributed by atoms with Gasteiger partial charge in [0.05, 0.1) is 0 Å². The Kier molecular flexibility index (Phi) is 3.81. The maximum absolute atomic E-state index is 11.9. The summed E-state index contributed by atoms with van der Waals surface area (Å²) >= 11 is 0.